The van der Waals surface area contributed by atoms with Gasteiger partial charge in [-0.15, -0.1) is 0 Å². The molecule has 1 aliphatic rings. The molecule has 3 heteroatoms. The number of carbonyl (C=O) groups is 1. The lowest BCUT2D eigenvalue weighted by atomic mass is 10.0. The zero-order valence-electron chi connectivity index (χ0n) is 15.0. The maximum atomic E-state index is 12.2. The largest absolute Gasteiger partial charge is 0.462 e. The van der Waals surface area contributed by atoms with E-state index in [1.807, 2.05) is 42.5 Å². The topological polar surface area (TPSA) is 29.5 Å². The maximum Gasteiger partial charge on any atom is 0.338 e. The second kappa shape index (κ2) is 8.82. The van der Waals surface area contributed by atoms with E-state index in [1.54, 1.807) is 0 Å². The van der Waals surface area contributed by atoms with Crippen molar-refractivity contribution in [3.05, 3.63) is 60.2 Å². The third kappa shape index (κ3) is 4.93. The van der Waals surface area contributed by atoms with Crippen LogP contribution in [0.4, 0.5) is 0 Å². The summed E-state index contributed by atoms with van der Waals surface area (Å²) in [6, 6.07) is 18.5. The molecule has 0 aliphatic carbocycles. The van der Waals surface area contributed by atoms with Gasteiger partial charge in [0.05, 0.1) is 12.2 Å². The van der Waals surface area contributed by atoms with Gasteiger partial charge in [-0.3, -0.25) is 0 Å². The summed E-state index contributed by atoms with van der Waals surface area (Å²) in [5, 5.41) is 0. The predicted molar refractivity (Wildman–Crippen MR) is 102 cm³/mol. The molecule has 1 aliphatic heterocycles. The minimum Gasteiger partial charge on any atom is -0.462 e. The molecule has 0 radical (unpaired) electrons. The van der Waals surface area contributed by atoms with Gasteiger partial charge in [0, 0.05) is 12.6 Å². The molecule has 1 saturated heterocycles. The van der Waals surface area contributed by atoms with Crippen LogP contribution in [0.1, 0.15) is 43.0 Å². The highest BCUT2D eigenvalue weighted by atomic mass is 16.5. The van der Waals surface area contributed by atoms with Crippen LogP contribution in [-0.2, 0) is 4.74 Å². The highest BCUT2D eigenvalue weighted by Gasteiger charge is 2.17. The first-order chi connectivity index (χ1) is 12.2. The number of carbonyl (C=O) groups excluding carboxylic acids is 1. The molecular formula is C22H27NO2. The number of rotatable bonds is 6. The van der Waals surface area contributed by atoms with Crippen molar-refractivity contribution >= 4 is 5.97 Å². The van der Waals surface area contributed by atoms with Gasteiger partial charge >= 0.3 is 5.97 Å². The molecule has 0 saturated carbocycles. The minimum atomic E-state index is -0.230. The summed E-state index contributed by atoms with van der Waals surface area (Å²) in [4.78, 5) is 14.7. The molecule has 1 heterocycles. The molecule has 0 unspecified atom stereocenters. The SMILES string of the molecule is C[C@@H]1CCCCN1CCCOC(=O)c1ccc(-c2ccccc2)cc1. The number of hydrogen-bond acceptors (Lipinski definition) is 3. The summed E-state index contributed by atoms with van der Waals surface area (Å²) in [7, 11) is 0. The average molecular weight is 337 g/mol. The second-order valence-electron chi connectivity index (χ2n) is 6.81. The molecule has 0 amide bonds. The van der Waals surface area contributed by atoms with Crippen LogP contribution in [0, 0.1) is 0 Å². The molecule has 0 bridgehead atoms. The maximum absolute atomic E-state index is 12.2. The van der Waals surface area contributed by atoms with E-state index in [2.05, 4.69) is 24.0 Å². The first-order valence-corrected chi connectivity index (χ1v) is 9.31. The number of likely N-dealkylation sites (tertiary alicyclic amines) is 1. The molecule has 0 aromatic heterocycles. The lowest BCUT2D eigenvalue weighted by Crippen LogP contribution is -2.38. The van der Waals surface area contributed by atoms with Crippen molar-refractivity contribution in [1.82, 2.24) is 4.90 Å². The van der Waals surface area contributed by atoms with Crippen molar-refractivity contribution in [3.63, 3.8) is 0 Å². The van der Waals surface area contributed by atoms with E-state index in [0.717, 1.165) is 24.1 Å². The zero-order valence-corrected chi connectivity index (χ0v) is 15.0. The van der Waals surface area contributed by atoms with Crippen LogP contribution in [-0.4, -0.2) is 36.6 Å². The Bertz CT molecular complexity index is 666. The first-order valence-electron chi connectivity index (χ1n) is 9.31. The molecule has 3 rings (SSSR count). The zero-order chi connectivity index (χ0) is 17.5. The summed E-state index contributed by atoms with van der Waals surface area (Å²) < 4.78 is 5.43. The van der Waals surface area contributed by atoms with Gasteiger partial charge in [0.2, 0.25) is 0 Å². The number of ether oxygens (including phenoxy) is 1. The molecule has 3 nitrogen and oxygen atoms in total. The Morgan fingerprint density at radius 2 is 1.76 bits per heavy atom. The lowest BCUT2D eigenvalue weighted by molar-refractivity contribution is 0.0475. The van der Waals surface area contributed by atoms with Crippen molar-refractivity contribution in [3.8, 4) is 11.1 Å². The van der Waals surface area contributed by atoms with Crippen molar-refractivity contribution in [2.75, 3.05) is 19.7 Å². The van der Waals surface area contributed by atoms with Crippen molar-refractivity contribution < 1.29 is 9.53 Å². The molecule has 2 aromatic rings. The summed E-state index contributed by atoms with van der Waals surface area (Å²) in [6.45, 7) is 4.97. The molecule has 1 atom stereocenters. The number of benzene rings is 2. The monoisotopic (exact) mass is 337 g/mol. The predicted octanol–water partition coefficient (Wildman–Crippen LogP) is 4.77. The van der Waals surface area contributed by atoms with Crippen molar-refractivity contribution in [2.45, 2.75) is 38.6 Å². The Morgan fingerprint density at radius 3 is 2.48 bits per heavy atom. The molecule has 25 heavy (non-hydrogen) atoms. The van der Waals surface area contributed by atoms with Gasteiger partial charge in [0.1, 0.15) is 0 Å². The van der Waals surface area contributed by atoms with E-state index in [1.165, 1.54) is 25.8 Å². The van der Waals surface area contributed by atoms with Crippen molar-refractivity contribution in [1.29, 1.82) is 0 Å². The Kier molecular flexibility index (Phi) is 6.24. The van der Waals surface area contributed by atoms with E-state index >= 15 is 0 Å². The van der Waals surface area contributed by atoms with Gasteiger partial charge in [-0.1, -0.05) is 48.9 Å². The third-order valence-corrected chi connectivity index (χ3v) is 4.99. The Labute approximate surface area is 150 Å². The Balaban J connectivity index is 1.45. The molecule has 2 aromatic carbocycles. The van der Waals surface area contributed by atoms with E-state index < -0.39 is 0 Å². The van der Waals surface area contributed by atoms with Crippen LogP contribution >= 0.6 is 0 Å². The van der Waals surface area contributed by atoms with E-state index in [9.17, 15) is 4.79 Å². The number of piperidine rings is 1. The Morgan fingerprint density at radius 1 is 1.04 bits per heavy atom. The minimum absolute atomic E-state index is 0.230. The lowest BCUT2D eigenvalue weighted by Gasteiger charge is -2.33. The van der Waals surface area contributed by atoms with E-state index in [0.29, 0.717) is 18.2 Å². The Hall–Kier alpha value is -2.13. The fraction of sp³-hybridized carbons (Fsp3) is 0.409. The van der Waals surface area contributed by atoms with Gasteiger partial charge in [-0.2, -0.15) is 0 Å². The van der Waals surface area contributed by atoms with E-state index in [4.69, 9.17) is 4.74 Å². The molecule has 1 fully saturated rings. The average Bonchev–Trinajstić information content (AvgIpc) is 2.67. The van der Waals surface area contributed by atoms with Gasteiger partial charge in [-0.05, 0) is 56.0 Å². The normalized spacial score (nSPS) is 18.0. The summed E-state index contributed by atoms with van der Waals surface area (Å²) in [5.41, 5.74) is 2.88. The summed E-state index contributed by atoms with van der Waals surface area (Å²) >= 11 is 0. The van der Waals surface area contributed by atoms with Gasteiger partial charge in [-0.25, -0.2) is 4.79 Å². The molecule has 0 spiro atoms. The summed E-state index contributed by atoms with van der Waals surface area (Å²) in [5.74, 6) is -0.230. The van der Waals surface area contributed by atoms with E-state index in [-0.39, 0.29) is 5.97 Å². The second-order valence-corrected chi connectivity index (χ2v) is 6.81. The van der Waals surface area contributed by atoms with Gasteiger partial charge in [0.25, 0.3) is 0 Å². The quantitative estimate of drug-likeness (QED) is 0.561. The van der Waals surface area contributed by atoms with Crippen LogP contribution in [0.3, 0.4) is 0 Å². The number of hydrogen-bond donors (Lipinski definition) is 0. The number of esters is 1. The van der Waals surface area contributed by atoms with Crippen molar-refractivity contribution in [2.24, 2.45) is 0 Å². The highest BCUT2D eigenvalue weighted by molar-refractivity contribution is 5.90. The molecule has 0 N–H and O–H groups in total. The number of nitrogens with zero attached hydrogens (tertiary/aromatic N) is 1. The molecule has 132 valence electrons. The third-order valence-electron chi connectivity index (χ3n) is 4.99. The summed E-state index contributed by atoms with van der Waals surface area (Å²) in [6.07, 6.45) is 4.81. The first kappa shape index (κ1) is 17.7. The smallest absolute Gasteiger partial charge is 0.338 e. The fourth-order valence-electron chi connectivity index (χ4n) is 3.43. The van der Waals surface area contributed by atoms with Crippen LogP contribution in [0.25, 0.3) is 11.1 Å². The molecular weight excluding hydrogens is 310 g/mol. The van der Waals surface area contributed by atoms with Gasteiger partial charge < -0.3 is 9.64 Å². The standard InChI is InChI=1S/C22H27NO2/c1-18-8-5-6-15-23(18)16-7-17-25-22(24)21-13-11-20(12-14-21)19-9-3-2-4-10-19/h2-4,9-14,18H,5-8,15-17H2,1H3/t18-/m1/s1. The fourth-order valence-corrected chi connectivity index (χ4v) is 3.43. The van der Waals surface area contributed by atoms with Crippen LogP contribution < -0.4 is 0 Å². The van der Waals surface area contributed by atoms with Crippen LogP contribution in [0.15, 0.2) is 54.6 Å². The van der Waals surface area contributed by atoms with Crippen LogP contribution in [0.5, 0.6) is 0 Å². The highest BCUT2D eigenvalue weighted by Crippen LogP contribution is 2.20. The van der Waals surface area contributed by atoms with Gasteiger partial charge in [0.15, 0.2) is 0 Å². The van der Waals surface area contributed by atoms with Crippen LogP contribution in [0.2, 0.25) is 0 Å².